The van der Waals surface area contributed by atoms with E-state index < -0.39 is 155 Å². The first kappa shape index (κ1) is 87.7. The van der Waals surface area contributed by atoms with Crippen molar-refractivity contribution in [3.8, 4) is 0 Å². The number of hydrogen-bond donors (Lipinski definition) is 14. The molecule has 14 N–H and O–H groups in total. The fourth-order valence-corrected chi connectivity index (χ4v) is 13.4. The monoisotopic (exact) mass is 1380 g/mol. The minimum atomic E-state index is -3.08. The number of carboxylic acids is 1. The molecule has 18 unspecified atom stereocenters. The Labute approximate surface area is 575 Å². The van der Waals surface area contributed by atoms with E-state index in [0.717, 1.165) is 51.9 Å². The average molecular weight is 1380 g/mol. The fourth-order valence-electron chi connectivity index (χ4n) is 13.4. The summed E-state index contributed by atoms with van der Waals surface area (Å²) in [4.78, 5) is 38.6. The second-order valence-corrected chi connectivity index (χ2v) is 27.9. The van der Waals surface area contributed by atoms with Crippen LogP contribution in [-0.2, 0) is 42.8 Å². The third-order valence-corrected chi connectivity index (χ3v) is 19.5. The molecule has 0 aromatic carbocycles. The first-order valence-electron chi connectivity index (χ1n) is 38.1. The number of hydrogen-bond acceptors (Lipinski definition) is 20. The van der Waals surface area contributed by atoms with Crippen LogP contribution in [-0.4, -0.2) is 215 Å². The number of nitrogens with one attached hydrogen (secondary N) is 2. The Morgan fingerprint density at radius 3 is 1.39 bits per heavy atom. The predicted molar refractivity (Wildman–Crippen MR) is 366 cm³/mol. The molecule has 2 amide bonds. The molecule has 3 saturated heterocycles. The molecule has 0 spiro atoms. The highest BCUT2D eigenvalue weighted by atomic mass is 16.8. The van der Waals surface area contributed by atoms with E-state index in [0.29, 0.717) is 12.8 Å². The molecule has 0 aromatic rings. The van der Waals surface area contributed by atoms with Gasteiger partial charge in [0.25, 0.3) is 5.79 Å². The van der Waals surface area contributed by atoms with Crippen molar-refractivity contribution in [2.75, 3.05) is 26.4 Å². The van der Waals surface area contributed by atoms with Crippen molar-refractivity contribution in [3.05, 3.63) is 12.2 Å². The third-order valence-electron chi connectivity index (χ3n) is 19.5. The molecule has 0 saturated carbocycles. The Morgan fingerprint density at radius 1 is 0.542 bits per heavy atom. The number of ether oxygens (including phenoxy) is 6. The molecule has 18 atom stereocenters. The average Bonchev–Trinajstić information content (AvgIpc) is 0.758. The first-order valence-corrected chi connectivity index (χ1v) is 38.1. The highest BCUT2D eigenvalue weighted by molar-refractivity contribution is 5.77. The number of carbonyl (C=O) groups excluding carboxylic acids is 2. The molecule has 3 rings (SSSR count). The summed E-state index contributed by atoms with van der Waals surface area (Å²) in [5, 5.41) is 136. The first-order chi connectivity index (χ1) is 46.4. The fraction of sp³-hybridized carbons (Fsp3) is 0.932. The van der Waals surface area contributed by atoms with Gasteiger partial charge in [-0.3, -0.25) is 9.59 Å². The van der Waals surface area contributed by atoms with Crippen LogP contribution >= 0.6 is 0 Å². The van der Waals surface area contributed by atoms with Crippen LogP contribution in [0, 0.1) is 0 Å². The van der Waals surface area contributed by atoms with Gasteiger partial charge in [0.15, 0.2) is 12.6 Å². The van der Waals surface area contributed by atoms with Gasteiger partial charge >= 0.3 is 5.97 Å². The summed E-state index contributed by atoms with van der Waals surface area (Å²) in [5.41, 5.74) is 0. The van der Waals surface area contributed by atoms with Crippen molar-refractivity contribution in [2.45, 2.75) is 407 Å². The Morgan fingerprint density at radius 2 is 0.969 bits per heavy atom. The summed E-state index contributed by atoms with van der Waals surface area (Å²) in [6.45, 7) is 2.16. The maximum absolute atomic E-state index is 13.5. The molecule has 23 nitrogen and oxygen atoms in total. The van der Waals surface area contributed by atoms with Crippen molar-refractivity contribution in [1.29, 1.82) is 0 Å². The topological polar surface area (TPSA) is 373 Å². The zero-order chi connectivity index (χ0) is 70.4. The smallest absolute Gasteiger partial charge is 0.364 e. The van der Waals surface area contributed by atoms with Gasteiger partial charge in [-0.2, -0.15) is 0 Å². The lowest BCUT2D eigenvalue weighted by Crippen LogP contribution is -2.70. The summed E-state index contributed by atoms with van der Waals surface area (Å²) in [5.74, 6) is -6.13. The lowest BCUT2D eigenvalue weighted by atomic mass is 9.88. The molecular weight excluding hydrogens is 1240 g/mol. The van der Waals surface area contributed by atoms with Gasteiger partial charge in [-0.15, -0.1) is 0 Å². The van der Waals surface area contributed by atoms with Crippen LogP contribution in [0.5, 0.6) is 0 Å². The summed E-state index contributed by atoms with van der Waals surface area (Å²) in [7, 11) is 0. The lowest BCUT2D eigenvalue weighted by molar-refractivity contribution is -0.386. The number of aliphatic carboxylic acids is 1. The van der Waals surface area contributed by atoms with Gasteiger partial charge in [0, 0.05) is 19.8 Å². The number of carbonyl (C=O) groups is 3. The molecule has 0 aliphatic carbocycles. The number of carboxylic acid groups (broad SMARTS) is 1. The third kappa shape index (κ3) is 34.4. The number of rotatable bonds is 59. The van der Waals surface area contributed by atoms with Gasteiger partial charge in [-0.25, -0.2) is 4.79 Å². The Hall–Kier alpha value is -2.53. The van der Waals surface area contributed by atoms with E-state index in [1.807, 2.05) is 6.08 Å². The second kappa shape index (κ2) is 53.3. The minimum absolute atomic E-state index is 0.205. The molecule has 0 bridgehead atoms. The van der Waals surface area contributed by atoms with Crippen LogP contribution in [0.25, 0.3) is 0 Å². The molecule has 564 valence electrons. The van der Waals surface area contributed by atoms with Gasteiger partial charge in [0.1, 0.15) is 67.1 Å². The van der Waals surface area contributed by atoms with Crippen LogP contribution in [0.2, 0.25) is 0 Å². The van der Waals surface area contributed by atoms with Crippen molar-refractivity contribution >= 4 is 17.8 Å². The van der Waals surface area contributed by atoms with Gasteiger partial charge in [-0.1, -0.05) is 270 Å². The van der Waals surface area contributed by atoms with Crippen LogP contribution < -0.4 is 10.6 Å². The van der Waals surface area contributed by atoms with E-state index in [1.165, 1.54) is 205 Å². The van der Waals surface area contributed by atoms with Crippen LogP contribution in [0.4, 0.5) is 0 Å². The highest BCUT2D eigenvalue weighted by Gasteiger charge is 2.60. The van der Waals surface area contributed by atoms with E-state index in [4.69, 9.17) is 28.4 Å². The van der Waals surface area contributed by atoms with Crippen LogP contribution in [0.15, 0.2) is 12.2 Å². The van der Waals surface area contributed by atoms with Gasteiger partial charge in [-0.05, 0) is 19.3 Å². The highest BCUT2D eigenvalue weighted by Crippen LogP contribution is 2.39. The zero-order valence-corrected chi connectivity index (χ0v) is 59.2. The second-order valence-electron chi connectivity index (χ2n) is 27.9. The Balaban J connectivity index is 1.49. The number of amides is 2. The largest absolute Gasteiger partial charge is 0.477 e. The van der Waals surface area contributed by atoms with Crippen molar-refractivity contribution < 1.29 is 104 Å². The number of aliphatic hydroxyl groups excluding tert-OH is 11. The molecule has 3 fully saturated rings. The molecule has 3 aliphatic rings. The van der Waals surface area contributed by atoms with Crippen molar-refractivity contribution in [3.63, 3.8) is 0 Å². The summed E-state index contributed by atoms with van der Waals surface area (Å²) < 4.78 is 34.8. The number of allylic oxidation sites excluding steroid dienone is 1. The van der Waals surface area contributed by atoms with Gasteiger partial charge in [0.2, 0.25) is 11.8 Å². The SMILES string of the molecule is CCCCCCCCCCCCC/C=C/C(O)C(COC1OC(CO)C(OC2OC(CO)C(O)C(OC3(C(=O)O)CC(O)C(NC(C)=O)C(C(O)C(O)CO)O3)C2O)C(O)C1O)NC(=O)CCCCCCCCCCCCCCCCCCCCCCCCCCCCCCC. The predicted octanol–water partition coefficient (Wildman–Crippen LogP) is 8.63. The lowest BCUT2D eigenvalue weighted by Gasteiger charge is -2.50. The standard InChI is InChI=1S/C73H136N2O21/c1-4-6-8-10-12-14-16-18-19-20-21-22-23-24-25-26-27-28-29-30-31-32-33-35-37-39-41-43-45-47-60(83)75-54(55(80)46-44-42-40-38-36-34-17-15-13-11-9-7-5-2)52-91-70-65(87)64(86)67(59(51-78)93-70)94-71-66(88)69(63(85)58(50-77)92-71)96-73(72(89)90)48-56(81)61(74-53(3)79)68(95-73)62(84)57(82)49-76/h44,46,54-59,61-71,76-78,80-82,84-88H,4-43,45,47-52H2,1-3H3,(H,74,79)(H,75,83)(H,89,90)/b46-44+. The van der Waals surface area contributed by atoms with E-state index in [2.05, 4.69) is 24.5 Å². The van der Waals surface area contributed by atoms with E-state index in [1.54, 1.807) is 6.08 Å². The maximum Gasteiger partial charge on any atom is 0.364 e. The summed E-state index contributed by atoms with van der Waals surface area (Å²) in [6, 6.07) is -2.61. The quantitative estimate of drug-likeness (QED) is 0.0200. The molecule has 0 radical (unpaired) electrons. The zero-order valence-electron chi connectivity index (χ0n) is 59.2. The normalized spacial score (nSPS) is 27.6. The van der Waals surface area contributed by atoms with Gasteiger partial charge < -0.3 is 100 Å². The van der Waals surface area contributed by atoms with E-state index in [9.17, 15) is 75.7 Å². The van der Waals surface area contributed by atoms with Gasteiger partial charge in [0.05, 0.1) is 50.7 Å². The number of aliphatic hydroxyl groups is 11. The van der Waals surface area contributed by atoms with Crippen molar-refractivity contribution in [2.24, 2.45) is 0 Å². The molecular formula is C73H136N2O21. The van der Waals surface area contributed by atoms with Crippen LogP contribution in [0.1, 0.15) is 297 Å². The van der Waals surface area contributed by atoms with E-state index in [-0.39, 0.29) is 12.3 Å². The van der Waals surface area contributed by atoms with E-state index >= 15 is 0 Å². The molecule has 0 aromatic heterocycles. The summed E-state index contributed by atoms with van der Waals surface area (Å²) in [6.07, 6.45) is 25.6. The maximum atomic E-state index is 13.5. The summed E-state index contributed by atoms with van der Waals surface area (Å²) >= 11 is 0. The Bertz CT molecular complexity index is 1980. The molecule has 23 heteroatoms. The minimum Gasteiger partial charge on any atom is -0.477 e. The Kier molecular flexibility index (Phi) is 48.7. The molecule has 3 heterocycles. The number of unbranched alkanes of at least 4 members (excludes halogenated alkanes) is 39. The molecule has 96 heavy (non-hydrogen) atoms. The van der Waals surface area contributed by atoms with Crippen molar-refractivity contribution in [1.82, 2.24) is 10.6 Å². The molecule has 3 aliphatic heterocycles. The van der Waals surface area contributed by atoms with Crippen LogP contribution in [0.3, 0.4) is 0 Å².